The van der Waals surface area contributed by atoms with E-state index in [-0.39, 0.29) is 5.91 Å². The van der Waals surface area contributed by atoms with Crippen LogP contribution in [0.1, 0.15) is 58.8 Å². The maximum atomic E-state index is 12.0. The molecule has 1 atom stereocenters. The van der Waals surface area contributed by atoms with Crippen molar-refractivity contribution < 1.29 is 9.59 Å². The van der Waals surface area contributed by atoms with Gasteiger partial charge in [0.25, 0.3) is 0 Å². The Morgan fingerprint density at radius 1 is 1.22 bits per heavy atom. The zero-order valence-corrected chi connectivity index (χ0v) is 11.7. The molecule has 1 saturated heterocycles. The predicted octanol–water partition coefficient (Wildman–Crippen LogP) is 2.08. The summed E-state index contributed by atoms with van der Waals surface area (Å²) in [5, 5.41) is 2.77. The monoisotopic (exact) mass is 254 g/mol. The minimum absolute atomic E-state index is 0.0215. The summed E-state index contributed by atoms with van der Waals surface area (Å²) in [6.45, 7) is 5.34. The molecule has 0 radical (unpaired) electrons. The maximum Gasteiger partial charge on any atom is 0.222 e. The van der Waals surface area contributed by atoms with Crippen molar-refractivity contribution in [1.82, 2.24) is 10.2 Å². The fourth-order valence-electron chi connectivity index (χ4n) is 2.45. The molecule has 1 N–H and O–H groups in total. The Hall–Kier alpha value is -1.06. The number of rotatable bonds is 6. The Bertz CT molecular complexity index is 279. The van der Waals surface area contributed by atoms with Crippen molar-refractivity contribution in [3.05, 3.63) is 0 Å². The number of unbranched alkanes of at least 4 members (excludes halogenated alkanes) is 2. The Morgan fingerprint density at radius 3 is 2.67 bits per heavy atom. The van der Waals surface area contributed by atoms with Crippen LogP contribution < -0.4 is 5.32 Å². The summed E-state index contributed by atoms with van der Waals surface area (Å²) in [4.78, 5) is 24.7. The molecule has 1 aliphatic heterocycles. The highest BCUT2D eigenvalue weighted by Gasteiger charge is 2.22. The van der Waals surface area contributed by atoms with Gasteiger partial charge in [-0.3, -0.25) is 9.59 Å². The van der Waals surface area contributed by atoms with E-state index < -0.39 is 0 Å². The van der Waals surface area contributed by atoms with E-state index in [1.165, 1.54) is 13.3 Å². The average Bonchev–Trinajstić information content (AvgIpc) is 2.33. The molecule has 4 nitrogen and oxygen atoms in total. The molecule has 104 valence electrons. The van der Waals surface area contributed by atoms with Gasteiger partial charge < -0.3 is 10.2 Å². The molecule has 18 heavy (non-hydrogen) atoms. The standard InChI is InChI=1S/C14H26N2O2/c1-12-8-5-7-11-16(12)14(18)9-4-3-6-10-15-13(2)17/h12H,3-11H2,1-2H3,(H,15,17). The number of likely N-dealkylation sites (tertiary alicyclic amines) is 1. The first kappa shape index (κ1) is 15.0. The van der Waals surface area contributed by atoms with Gasteiger partial charge in [0.15, 0.2) is 0 Å². The minimum Gasteiger partial charge on any atom is -0.356 e. The van der Waals surface area contributed by atoms with Crippen LogP contribution in [0.25, 0.3) is 0 Å². The van der Waals surface area contributed by atoms with E-state index in [0.29, 0.717) is 18.4 Å². The molecule has 1 heterocycles. The number of nitrogens with zero attached hydrogens (tertiary/aromatic N) is 1. The number of hydrogen-bond donors (Lipinski definition) is 1. The maximum absolute atomic E-state index is 12.0. The molecule has 1 fully saturated rings. The van der Waals surface area contributed by atoms with Crippen LogP contribution in [0.3, 0.4) is 0 Å². The molecule has 0 saturated carbocycles. The van der Waals surface area contributed by atoms with Gasteiger partial charge in [0.05, 0.1) is 0 Å². The molecular weight excluding hydrogens is 228 g/mol. The van der Waals surface area contributed by atoms with Gasteiger partial charge in [-0.15, -0.1) is 0 Å². The minimum atomic E-state index is 0.0215. The zero-order valence-electron chi connectivity index (χ0n) is 11.7. The van der Waals surface area contributed by atoms with Crippen LogP contribution in [0.5, 0.6) is 0 Å². The van der Waals surface area contributed by atoms with Crippen molar-refractivity contribution in [3.63, 3.8) is 0 Å². The van der Waals surface area contributed by atoms with E-state index in [0.717, 1.165) is 45.2 Å². The lowest BCUT2D eigenvalue weighted by Gasteiger charge is -2.33. The molecule has 1 unspecified atom stereocenters. The first-order chi connectivity index (χ1) is 8.61. The lowest BCUT2D eigenvalue weighted by Crippen LogP contribution is -2.41. The number of carbonyl (C=O) groups excluding carboxylic acids is 2. The largest absolute Gasteiger partial charge is 0.356 e. The van der Waals surface area contributed by atoms with Gasteiger partial charge in [-0.25, -0.2) is 0 Å². The third-order valence-corrected chi connectivity index (χ3v) is 3.56. The zero-order chi connectivity index (χ0) is 13.4. The van der Waals surface area contributed by atoms with E-state index in [9.17, 15) is 9.59 Å². The number of piperidine rings is 1. The topological polar surface area (TPSA) is 49.4 Å². The van der Waals surface area contributed by atoms with Crippen molar-refractivity contribution in [2.75, 3.05) is 13.1 Å². The smallest absolute Gasteiger partial charge is 0.222 e. The van der Waals surface area contributed by atoms with Gasteiger partial charge in [-0.05, 0) is 39.0 Å². The number of hydrogen-bond acceptors (Lipinski definition) is 2. The third-order valence-electron chi connectivity index (χ3n) is 3.56. The van der Waals surface area contributed by atoms with Crippen LogP contribution in [0.2, 0.25) is 0 Å². The van der Waals surface area contributed by atoms with E-state index >= 15 is 0 Å². The molecule has 4 heteroatoms. The van der Waals surface area contributed by atoms with Gasteiger partial charge >= 0.3 is 0 Å². The normalized spacial score (nSPS) is 19.7. The molecule has 0 spiro atoms. The molecule has 0 aromatic carbocycles. The van der Waals surface area contributed by atoms with Gasteiger partial charge in [0, 0.05) is 32.5 Å². The summed E-state index contributed by atoms with van der Waals surface area (Å²) >= 11 is 0. The van der Waals surface area contributed by atoms with Crippen LogP contribution in [0, 0.1) is 0 Å². The van der Waals surface area contributed by atoms with Gasteiger partial charge in [-0.1, -0.05) is 6.42 Å². The highest BCUT2D eigenvalue weighted by molar-refractivity contribution is 5.76. The molecular formula is C14H26N2O2. The fourth-order valence-corrected chi connectivity index (χ4v) is 2.45. The van der Waals surface area contributed by atoms with Gasteiger partial charge in [0.1, 0.15) is 0 Å². The third kappa shape index (κ3) is 5.52. The van der Waals surface area contributed by atoms with Crippen LogP contribution >= 0.6 is 0 Å². The molecule has 1 rings (SSSR count). The summed E-state index contributed by atoms with van der Waals surface area (Å²) in [6, 6.07) is 0.422. The predicted molar refractivity (Wildman–Crippen MR) is 72.2 cm³/mol. The van der Waals surface area contributed by atoms with Gasteiger partial charge in [-0.2, -0.15) is 0 Å². The highest BCUT2D eigenvalue weighted by atomic mass is 16.2. The summed E-state index contributed by atoms with van der Waals surface area (Å²) in [5.41, 5.74) is 0. The van der Waals surface area contributed by atoms with Crippen LogP contribution in [-0.4, -0.2) is 35.8 Å². The molecule has 0 aromatic heterocycles. The van der Waals surface area contributed by atoms with E-state index in [4.69, 9.17) is 0 Å². The van der Waals surface area contributed by atoms with E-state index in [1.54, 1.807) is 0 Å². The second-order valence-corrected chi connectivity index (χ2v) is 5.23. The molecule has 0 bridgehead atoms. The number of amides is 2. The summed E-state index contributed by atoms with van der Waals surface area (Å²) < 4.78 is 0. The van der Waals surface area contributed by atoms with E-state index in [2.05, 4.69) is 12.2 Å². The molecule has 1 aliphatic rings. The van der Waals surface area contributed by atoms with Crippen LogP contribution in [0.15, 0.2) is 0 Å². The number of carbonyl (C=O) groups is 2. The van der Waals surface area contributed by atoms with Crippen LogP contribution in [0.4, 0.5) is 0 Å². The van der Waals surface area contributed by atoms with Crippen molar-refractivity contribution in [2.45, 2.75) is 64.8 Å². The summed E-state index contributed by atoms with van der Waals surface area (Å²) in [6.07, 6.45) is 7.11. The molecule has 2 amide bonds. The second-order valence-electron chi connectivity index (χ2n) is 5.23. The first-order valence-electron chi connectivity index (χ1n) is 7.15. The molecule has 0 aliphatic carbocycles. The fraction of sp³-hybridized carbons (Fsp3) is 0.857. The van der Waals surface area contributed by atoms with E-state index in [1.807, 2.05) is 4.90 Å². The second kappa shape index (κ2) is 8.11. The Balaban J connectivity index is 2.07. The average molecular weight is 254 g/mol. The summed E-state index contributed by atoms with van der Waals surface area (Å²) in [5.74, 6) is 0.329. The van der Waals surface area contributed by atoms with Crippen molar-refractivity contribution in [2.24, 2.45) is 0 Å². The number of nitrogens with one attached hydrogen (secondary N) is 1. The lowest BCUT2D eigenvalue weighted by molar-refractivity contribution is -0.134. The van der Waals surface area contributed by atoms with Crippen molar-refractivity contribution in [3.8, 4) is 0 Å². The van der Waals surface area contributed by atoms with Crippen molar-refractivity contribution in [1.29, 1.82) is 0 Å². The van der Waals surface area contributed by atoms with Crippen molar-refractivity contribution >= 4 is 11.8 Å². The SMILES string of the molecule is CC(=O)NCCCCCC(=O)N1CCCCC1C. The van der Waals surface area contributed by atoms with Crippen LogP contribution in [-0.2, 0) is 9.59 Å². The Kier molecular flexibility index (Phi) is 6.76. The quantitative estimate of drug-likeness (QED) is 0.738. The van der Waals surface area contributed by atoms with Gasteiger partial charge in [0.2, 0.25) is 11.8 Å². The Morgan fingerprint density at radius 2 is 2.00 bits per heavy atom. The molecule has 0 aromatic rings. The summed E-state index contributed by atoms with van der Waals surface area (Å²) in [7, 11) is 0. The highest BCUT2D eigenvalue weighted by Crippen LogP contribution is 2.18. The first-order valence-corrected chi connectivity index (χ1v) is 7.15. The lowest BCUT2D eigenvalue weighted by atomic mass is 10.0. The Labute approximate surface area is 110 Å².